The number of amides is 1. The van der Waals surface area contributed by atoms with Gasteiger partial charge in [-0.3, -0.25) is 9.52 Å². The average Bonchev–Trinajstić information content (AvgIpc) is 2.69. The van der Waals surface area contributed by atoms with Gasteiger partial charge >= 0.3 is 0 Å². The Bertz CT molecular complexity index is 1130. The van der Waals surface area contributed by atoms with Crippen molar-refractivity contribution < 1.29 is 22.3 Å². The summed E-state index contributed by atoms with van der Waals surface area (Å²) in [6, 6.07) is 10.1. The highest BCUT2D eigenvalue weighted by molar-refractivity contribution is 7.92. The fraction of sp³-hybridized carbons (Fsp3) is 0.500. The number of hydrogen-bond acceptors (Lipinski definition) is 4. The second-order valence-electron chi connectivity index (χ2n) is 11.0. The summed E-state index contributed by atoms with van der Waals surface area (Å²) in [6.07, 6.45) is 0.948. The first-order chi connectivity index (χ1) is 15.5. The van der Waals surface area contributed by atoms with Crippen LogP contribution >= 0.6 is 0 Å². The van der Waals surface area contributed by atoms with Crippen molar-refractivity contribution in [2.45, 2.75) is 66.3 Å². The van der Waals surface area contributed by atoms with Crippen LogP contribution in [0.2, 0.25) is 0 Å². The minimum Gasteiger partial charge on any atom is -0.493 e. The van der Waals surface area contributed by atoms with Gasteiger partial charge in [0.05, 0.1) is 24.5 Å². The number of ether oxygens (including phenoxy) is 1. The lowest BCUT2D eigenvalue weighted by Gasteiger charge is -2.24. The van der Waals surface area contributed by atoms with Crippen LogP contribution in [-0.2, 0) is 26.8 Å². The minimum absolute atomic E-state index is 0.0189. The van der Waals surface area contributed by atoms with E-state index in [2.05, 4.69) is 51.6 Å². The highest BCUT2D eigenvalue weighted by Crippen LogP contribution is 2.30. The predicted molar refractivity (Wildman–Crippen MR) is 135 cm³/mol. The van der Waals surface area contributed by atoms with Crippen molar-refractivity contribution in [1.29, 1.82) is 0 Å². The van der Waals surface area contributed by atoms with Crippen molar-refractivity contribution >= 4 is 21.6 Å². The molecule has 0 saturated heterocycles. The summed E-state index contributed by atoms with van der Waals surface area (Å²) >= 11 is 0. The first-order valence-electron chi connectivity index (χ1n) is 11.3. The van der Waals surface area contributed by atoms with E-state index in [9.17, 15) is 17.6 Å². The zero-order valence-electron chi connectivity index (χ0n) is 21.4. The van der Waals surface area contributed by atoms with E-state index >= 15 is 0 Å². The third-order valence-electron chi connectivity index (χ3n) is 5.23. The summed E-state index contributed by atoms with van der Waals surface area (Å²) in [5, 5.41) is 2.91. The van der Waals surface area contributed by atoms with Crippen molar-refractivity contribution in [3.63, 3.8) is 0 Å². The van der Waals surface area contributed by atoms with Crippen LogP contribution in [-0.4, -0.2) is 27.2 Å². The van der Waals surface area contributed by atoms with Gasteiger partial charge in [-0.15, -0.1) is 0 Å². The molecule has 0 aromatic heterocycles. The molecule has 188 valence electrons. The Morgan fingerprint density at radius 1 is 1.06 bits per heavy atom. The molecule has 2 rings (SSSR count). The highest BCUT2D eigenvalue weighted by Gasteiger charge is 2.21. The molecule has 0 aliphatic heterocycles. The normalized spacial score (nSPS) is 13.3. The maximum atomic E-state index is 14.3. The molecule has 0 aliphatic rings. The Morgan fingerprint density at radius 3 is 2.24 bits per heavy atom. The Labute approximate surface area is 203 Å². The third-order valence-corrected chi connectivity index (χ3v) is 5.82. The predicted octanol–water partition coefficient (Wildman–Crippen LogP) is 5.34. The summed E-state index contributed by atoms with van der Waals surface area (Å²) < 4.78 is 45.3. The van der Waals surface area contributed by atoms with Gasteiger partial charge in [0.25, 0.3) is 0 Å². The average molecular weight is 493 g/mol. The number of halogens is 1. The number of carbonyl (C=O) groups excluding carboxylic acids is 1. The Balaban J connectivity index is 2.17. The van der Waals surface area contributed by atoms with Gasteiger partial charge in [0.1, 0.15) is 11.6 Å². The smallest absolute Gasteiger partial charge is 0.229 e. The number of sulfonamides is 1. The van der Waals surface area contributed by atoms with E-state index in [4.69, 9.17) is 4.74 Å². The molecule has 34 heavy (non-hydrogen) atoms. The maximum absolute atomic E-state index is 14.3. The molecule has 0 bridgehead atoms. The minimum atomic E-state index is -3.60. The van der Waals surface area contributed by atoms with Crippen LogP contribution in [0.15, 0.2) is 36.4 Å². The van der Waals surface area contributed by atoms with Crippen molar-refractivity contribution in [2.75, 3.05) is 17.6 Å². The first kappa shape index (κ1) is 27.6. The van der Waals surface area contributed by atoms with Gasteiger partial charge in [-0.1, -0.05) is 59.7 Å². The second-order valence-corrected chi connectivity index (χ2v) is 12.7. The van der Waals surface area contributed by atoms with Crippen molar-refractivity contribution in [2.24, 2.45) is 5.41 Å². The van der Waals surface area contributed by atoms with Gasteiger partial charge in [0.15, 0.2) is 0 Å². The van der Waals surface area contributed by atoms with Crippen molar-refractivity contribution in [3.8, 4) is 5.75 Å². The largest absolute Gasteiger partial charge is 0.493 e. The van der Waals surface area contributed by atoms with E-state index in [-0.39, 0.29) is 29.0 Å². The fourth-order valence-electron chi connectivity index (χ4n) is 3.17. The SMILES string of the molecule is CC(C(=O)NCc1ccc(C(C)(C)C)cc1OCC(C)(C)C)c1ccc(NS(C)(=O)=O)c(F)c1. The van der Waals surface area contributed by atoms with Crippen LogP contribution in [0, 0.1) is 11.2 Å². The van der Waals surface area contributed by atoms with Crippen LogP contribution in [0.1, 0.15) is 71.1 Å². The fourth-order valence-corrected chi connectivity index (χ4v) is 3.73. The van der Waals surface area contributed by atoms with E-state index in [1.165, 1.54) is 18.2 Å². The molecule has 1 unspecified atom stereocenters. The molecule has 0 saturated carbocycles. The quantitative estimate of drug-likeness (QED) is 0.521. The molecule has 2 aromatic carbocycles. The van der Waals surface area contributed by atoms with Gasteiger partial charge in [-0.2, -0.15) is 0 Å². The number of hydrogen-bond donors (Lipinski definition) is 2. The molecule has 2 N–H and O–H groups in total. The Morgan fingerprint density at radius 2 is 1.71 bits per heavy atom. The zero-order valence-corrected chi connectivity index (χ0v) is 22.2. The molecule has 0 radical (unpaired) electrons. The summed E-state index contributed by atoms with van der Waals surface area (Å²) in [6.45, 7) is 15.2. The second kappa shape index (κ2) is 10.3. The first-order valence-corrected chi connectivity index (χ1v) is 13.2. The molecule has 6 nitrogen and oxygen atoms in total. The van der Waals surface area contributed by atoms with E-state index in [0.29, 0.717) is 12.2 Å². The van der Waals surface area contributed by atoms with Crippen molar-refractivity contribution in [3.05, 3.63) is 58.9 Å². The lowest BCUT2D eigenvalue weighted by molar-refractivity contribution is -0.122. The molecule has 8 heteroatoms. The van der Waals surface area contributed by atoms with Gasteiger partial charge in [0, 0.05) is 12.1 Å². The van der Waals surface area contributed by atoms with Crippen LogP contribution in [0.25, 0.3) is 0 Å². The summed E-state index contributed by atoms with van der Waals surface area (Å²) in [4.78, 5) is 12.8. The summed E-state index contributed by atoms with van der Waals surface area (Å²) in [5.41, 5.74) is 2.22. The summed E-state index contributed by atoms with van der Waals surface area (Å²) in [5.74, 6) is -0.907. The Kier molecular flexibility index (Phi) is 8.40. The van der Waals surface area contributed by atoms with Crippen LogP contribution in [0.4, 0.5) is 10.1 Å². The highest BCUT2D eigenvalue weighted by atomic mass is 32.2. The number of benzene rings is 2. The zero-order chi connectivity index (χ0) is 25.9. The van der Waals surface area contributed by atoms with Crippen molar-refractivity contribution in [1.82, 2.24) is 5.32 Å². The number of anilines is 1. The lowest BCUT2D eigenvalue weighted by atomic mass is 9.86. The molecule has 1 amide bonds. The topological polar surface area (TPSA) is 84.5 Å². The standard InChI is InChI=1S/C26H37FN2O4S/c1-17(18-10-12-22(21(27)13-18)29-34(8,31)32)24(30)28-15-19-9-11-20(26(5,6)7)14-23(19)33-16-25(2,3)4/h9-14,17,29H,15-16H2,1-8H3,(H,28,30). The monoisotopic (exact) mass is 492 g/mol. The van der Waals surface area contributed by atoms with Crippen LogP contribution in [0.5, 0.6) is 5.75 Å². The molecule has 1 atom stereocenters. The maximum Gasteiger partial charge on any atom is 0.229 e. The van der Waals surface area contributed by atoms with Gasteiger partial charge < -0.3 is 10.1 Å². The number of nitrogens with one attached hydrogen (secondary N) is 2. The molecule has 0 aliphatic carbocycles. The van der Waals surface area contributed by atoms with Gasteiger partial charge in [-0.25, -0.2) is 12.8 Å². The van der Waals surface area contributed by atoms with Crippen LogP contribution < -0.4 is 14.8 Å². The van der Waals surface area contributed by atoms with Gasteiger partial charge in [-0.05, 0) is 47.1 Å². The molecule has 0 fully saturated rings. The third kappa shape index (κ3) is 8.31. The van der Waals surface area contributed by atoms with E-state index < -0.39 is 21.8 Å². The van der Waals surface area contributed by atoms with Gasteiger partial charge in [0.2, 0.25) is 15.9 Å². The van der Waals surface area contributed by atoms with E-state index in [1.54, 1.807) is 6.92 Å². The van der Waals surface area contributed by atoms with Crippen LogP contribution in [0.3, 0.4) is 0 Å². The number of carbonyl (C=O) groups is 1. The molecule has 0 spiro atoms. The lowest BCUT2D eigenvalue weighted by Crippen LogP contribution is -2.28. The molecule has 0 heterocycles. The molecular formula is C26H37FN2O4S. The van der Waals surface area contributed by atoms with E-state index in [1.807, 2.05) is 18.2 Å². The summed E-state index contributed by atoms with van der Waals surface area (Å²) in [7, 11) is -3.60. The number of rotatable bonds is 8. The van der Waals surface area contributed by atoms with E-state index in [0.717, 1.165) is 23.1 Å². The molecule has 2 aromatic rings. The Hall–Kier alpha value is -2.61. The molecular weight excluding hydrogens is 455 g/mol.